The predicted octanol–water partition coefficient (Wildman–Crippen LogP) is 1.09. The molecule has 2 heterocycles. The number of non-ortho nitro benzene ring substituents is 1. The van der Waals surface area contributed by atoms with E-state index in [9.17, 15) is 15.2 Å². The van der Waals surface area contributed by atoms with Crippen molar-refractivity contribution in [2.75, 3.05) is 18.0 Å². The normalized spacial score (nSPS) is 17.5. The lowest BCUT2D eigenvalue weighted by molar-refractivity contribution is -0.383. The first kappa shape index (κ1) is 11.8. The summed E-state index contributed by atoms with van der Waals surface area (Å²) < 4.78 is 4.60. The SMILES string of the molecule is CCC1(O)CN(c2ccc([N+](=O)[O-])c3nonc23)C1. The Morgan fingerprint density at radius 3 is 2.79 bits per heavy atom. The van der Waals surface area contributed by atoms with E-state index in [1.165, 1.54) is 6.07 Å². The monoisotopic (exact) mass is 264 g/mol. The molecule has 1 aromatic heterocycles. The number of nitrogens with zero attached hydrogens (tertiary/aromatic N) is 4. The van der Waals surface area contributed by atoms with Gasteiger partial charge in [0.2, 0.25) is 5.52 Å². The number of rotatable bonds is 3. The molecular weight excluding hydrogens is 252 g/mol. The van der Waals surface area contributed by atoms with Gasteiger partial charge in [-0.15, -0.1) is 0 Å². The Balaban J connectivity index is 2.01. The Hall–Kier alpha value is -2.22. The quantitative estimate of drug-likeness (QED) is 0.653. The summed E-state index contributed by atoms with van der Waals surface area (Å²) in [6.45, 7) is 2.87. The molecule has 0 bridgehead atoms. The summed E-state index contributed by atoms with van der Waals surface area (Å²) in [7, 11) is 0. The Morgan fingerprint density at radius 1 is 1.47 bits per heavy atom. The highest BCUT2D eigenvalue weighted by atomic mass is 16.6. The number of nitro benzene ring substituents is 1. The molecule has 0 amide bonds. The van der Waals surface area contributed by atoms with Crippen LogP contribution in [-0.4, -0.2) is 39.0 Å². The summed E-state index contributed by atoms with van der Waals surface area (Å²) in [5, 5.41) is 28.2. The molecule has 0 spiro atoms. The second-order valence-electron chi connectivity index (χ2n) is 4.76. The van der Waals surface area contributed by atoms with Gasteiger partial charge in [0.05, 0.1) is 16.2 Å². The number of hydrogen-bond acceptors (Lipinski definition) is 7. The van der Waals surface area contributed by atoms with Crippen LogP contribution in [0.15, 0.2) is 16.8 Å². The zero-order valence-corrected chi connectivity index (χ0v) is 10.2. The second kappa shape index (κ2) is 3.89. The minimum absolute atomic E-state index is 0.133. The van der Waals surface area contributed by atoms with Crippen molar-refractivity contribution in [2.45, 2.75) is 18.9 Å². The maximum Gasteiger partial charge on any atom is 0.300 e. The van der Waals surface area contributed by atoms with Crippen molar-refractivity contribution in [1.29, 1.82) is 0 Å². The molecule has 0 unspecified atom stereocenters. The molecule has 1 aliphatic rings. The van der Waals surface area contributed by atoms with Crippen LogP contribution in [0.25, 0.3) is 11.0 Å². The Kier molecular flexibility index (Phi) is 2.42. The van der Waals surface area contributed by atoms with E-state index in [0.717, 1.165) is 0 Å². The summed E-state index contributed by atoms with van der Waals surface area (Å²) in [6, 6.07) is 2.99. The first-order chi connectivity index (χ1) is 9.04. The molecule has 1 aliphatic heterocycles. The van der Waals surface area contributed by atoms with Crippen molar-refractivity contribution in [3.8, 4) is 0 Å². The molecule has 0 radical (unpaired) electrons. The van der Waals surface area contributed by atoms with Gasteiger partial charge < -0.3 is 10.0 Å². The molecule has 1 fully saturated rings. The highest BCUT2D eigenvalue weighted by Crippen LogP contribution is 2.36. The minimum Gasteiger partial charge on any atom is -0.386 e. The van der Waals surface area contributed by atoms with Crippen LogP contribution in [0.2, 0.25) is 0 Å². The van der Waals surface area contributed by atoms with Crippen molar-refractivity contribution >= 4 is 22.4 Å². The van der Waals surface area contributed by atoms with Crippen molar-refractivity contribution in [3.05, 3.63) is 22.2 Å². The van der Waals surface area contributed by atoms with Gasteiger partial charge in [-0.1, -0.05) is 6.92 Å². The molecule has 0 atom stereocenters. The molecule has 3 rings (SSSR count). The first-order valence-corrected chi connectivity index (χ1v) is 5.91. The Morgan fingerprint density at radius 2 is 2.16 bits per heavy atom. The van der Waals surface area contributed by atoms with E-state index in [0.29, 0.717) is 30.7 Å². The molecule has 8 nitrogen and oxygen atoms in total. The van der Waals surface area contributed by atoms with Crippen LogP contribution in [0.3, 0.4) is 0 Å². The van der Waals surface area contributed by atoms with Crippen LogP contribution in [0.1, 0.15) is 13.3 Å². The summed E-state index contributed by atoms with van der Waals surface area (Å²) in [5.74, 6) is 0. The maximum atomic E-state index is 10.9. The second-order valence-corrected chi connectivity index (χ2v) is 4.76. The number of aromatic nitrogens is 2. The fourth-order valence-corrected chi connectivity index (χ4v) is 2.30. The van der Waals surface area contributed by atoms with Gasteiger partial charge in [-0.3, -0.25) is 10.1 Å². The maximum absolute atomic E-state index is 10.9. The number of aliphatic hydroxyl groups is 1. The number of fused-ring (bicyclic) bond motifs is 1. The predicted molar refractivity (Wildman–Crippen MR) is 65.9 cm³/mol. The number of anilines is 1. The van der Waals surface area contributed by atoms with Crippen LogP contribution in [0, 0.1) is 10.1 Å². The van der Waals surface area contributed by atoms with E-state index in [4.69, 9.17) is 0 Å². The average Bonchev–Trinajstić information content (AvgIpc) is 2.82. The Bertz CT molecular complexity index is 647. The zero-order chi connectivity index (χ0) is 13.6. The Labute approximate surface area is 107 Å². The topological polar surface area (TPSA) is 106 Å². The van der Waals surface area contributed by atoms with Crippen LogP contribution >= 0.6 is 0 Å². The molecule has 8 heteroatoms. The van der Waals surface area contributed by atoms with E-state index in [2.05, 4.69) is 14.9 Å². The molecule has 1 N–H and O–H groups in total. The average molecular weight is 264 g/mol. The lowest BCUT2D eigenvalue weighted by Gasteiger charge is -2.47. The van der Waals surface area contributed by atoms with Gasteiger partial charge in [-0.25, -0.2) is 4.63 Å². The van der Waals surface area contributed by atoms with Crippen LogP contribution in [-0.2, 0) is 0 Å². The highest BCUT2D eigenvalue weighted by molar-refractivity contribution is 5.94. The van der Waals surface area contributed by atoms with E-state index < -0.39 is 10.5 Å². The van der Waals surface area contributed by atoms with Gasteiger partial charge >= 0.3 is 5.69 Å². The smallest absolute Gasteiger partial charge is 0.300 e. The third-order valence-corrected chi connectivity index (χ3v) is 3.54. The van der Waals surface area contributed by atoms with Gasteiger partial charge in [0, 0.05) is 19.2 Å². The van der Waals surface area contributed by atoms with Crippen molar-refractivity contribution in [1.82, 2.24) is 10.3 Å². The van der Waals surface area contributed by atoms with Gasteiger partial charge in [0.25, 0.3) is 0 Å². The van der Waals surface area contributed by atoms with E-state index in [1.54, 1.807) is 6.07 Å². The fourth-order valence-electron chi connectivity index (χ4n) is 2.30. The number of hydrogen-bond donors (Lipinski definition) is 1. The fraction of sp³-hybridized carbons (Fsp3) is 0.455. The molecule has 0 aliphatic carbocycles. The van der Waals surface area contributed by atoms with Crippen LogP contribution in [0.5, 0.6) is 0 Å². The van der Waals surface area contributed by atoms with Crippen LogP contribution < -0.4 is 4.90 Å². The third kappa shape index (κ3) is 1.72. The standard InChI is InChI=1S/C11H12N4O4/c1-2-11(16)5-14(6-11)7-3-4-8(15(17)18)10-9(7)12-19-13-10/h3-4,16H,2,5-6H2,1H3. The molecule has 2 aromatic rings. The summed E-state index contributed by atoms with van der Waals surface area (Å²) in [4.78, 5) is 12.3. The van der Waals surface area contributed by atoms with Gasteiger partial charge in [-0.05, 0) is 22.8 Å². The zero-order valence-electron chi connectivity index (χ0n) is 10.2. The van der Waals surface area contributed by atoms with Gasteiger partial charge in [0.1, 0.15) is 0 Å². The summed E-state index contributed by atoms with van der Waals surface area (Å²) in [5.41, 5.74) is 0.360. The molecule has 100 valence electrons. The molecule has 1 saturated heterocycles. The highest BCUT2D eigenvalue weighted by Gasteiger charge is 2.41. The summed E-state index contributed by atoms with van der Waals surface area (Å²) in [6.07, 6.45) is 0.663. The minimum atomic E-state index is -0.689. The molecule has 1 aromatic carbocycles. The van der Waals surface area contributed by atoms with Gasteiger partial charge in [0.15, 0.2) is 5.52 Å². The number of nitro groups is 1. The molecule has 19 heavy (non-hydrogen) atoms. The third-order valence-electron chi connectivity index (χ3n) is 3.54. The lowest BCUT2D eigenvalue weighted by Crippen LogP contribution is -2.61. The van der Waals surface area contributed by atoms with E-state index >= 15 is 0 Å². The van der Waals surface area contributed by atoms with Gasteiger partial charge in [-0.2, -0.15) is 0 Å². The van der Waals surface area contributed by atoms with Crippen molar-refractivity contribution < 1.29 is 14.7 Å². The van der Waals surface area contributed by atoms with E-state index in [1.807, 2.05) is 11.8 Å². The first-order valence-electron chi connectivity index (χ1n) is 5.91. The van der Waals surface area contributed by atoms with Crippen LogP contribution in [0.4, 0.5) is 11.4 Å². The molecular formula is C11H12N4O4. The van der Waals surface area contributed by atoms with E-state index in [-0.39, 0.29) is 11.2 Å². The number of β-amino-alcohol motifs (C(OH)–C–C–N with tert-alkyl or cyclic N) is 1. The largest absolute Gasteiger partial charge is 0.386 e. The van der Waals surface area contributed by atoms with Crippen molar-refractivity contribution in [3.63, 3.8) is 0 Å². The molecule has 0 saturated carbocycles. The number of benzene rings is 1. The van der Waals surface area contributed by atoms with Crippen molar-refractivity contribution in [2.24, 2.45) is 0 Å². The summed E-state index contributed by atoms with van der Waals surface area (Å²) >= 11 is 0. The lowest BCUT2D eigenvalue weighted by atomic mass is 9.90.